The molecular formula is C20H26N6O4S. The molecule has 3 heterocycles. The first-order chi connectivity index (χ1) is 14.8. The van der Waals surface area contributed by atoms with Crippen molar-refractivity contribution in [3.8, 4) is 0 Å². The third-order valence-corrected chi connectivity index (χ3v) is 5.97. The number of nitrogens with zero attached hydrogens (tertiary/aromatic N) is 4. The second-order valence-electron chi connectivity index (χ2n) is 7.44. The lowest BCUT2D eigenvalue weighted by atomic mass is 10.1. The SMILES string of the molecule is Cc1c(C(N)=O)sc(NC(=O)CN2CCN(c3ncccn3)CC2)c1C(=O)OC(C)C. The molecule has 0 unspecified atom stereocenters. The predicted molar refractivity (Wildman–Crippen MR) is 117 cm³/mol. The smallest absolute Gasteiger partial charge is 0.341 e. The molecule has 0 bridgehead atoms. The second-order valence-corrected chi connectivity index (χ2v) is 8.46. The van der Waals surface area contributed by atoms with E-state index >= 15 is 0 Å². The highest BCUT2D eigenvalue weighted by Gasteiger charge is 2.27. The van der Waals surface area contributed by atoms with E-state index < -0.39 is 11.9 Å². The first kappa shape index (κ1) is 22.6. The Bertz CT molecular complexity index is 954. The number of anilines is 2. The summed E-state index contributed by atoms with van der Waals surface area (Å²) in [4.78, 5) is 49.7. The Kier molecular flexibility index (Phi) is 7.18. The Balaban J connectivity index is 1.64. The maximum absolute atomic E-state index is 12.7. The number of thiophene rings is 1. The number of esters is 1. The molecule has 11 heteroatoms. The summed E-state index contributed by atoms with van der Waals surface area (Å²) in [5, 5.41) is 3.04. The summed E-state index contributed by atoms with van der Waals surface area (Å²) in [7, 11) is 0. The molecule has 0 saturated carbocycles. The van der Waals surface area contributed by atoms with Crippen LogP contribution < -0.4 is 16.0 Å². The van der Waals surface area contributed by atoms with Crippen molar-refractivity contribution in [2.24, 2.45) is 5.73 Å². The van der Waals surface area contributed by atoms with Crippen LogP contribution in [0.5, 0.6) is 0 Å². The average molecular weight is 447 g/mol. The Labute approximate surface area is 184 Å². The van der Waals surface area contributed by atoms with Crippen molar-refractivity contribution in [2.45, 2.75) is 26.9 Å². The molecule has 3 N–H and O–H groups in total. The van der Waals surface area contributed by atoms with Gasteiger partial charge in [-0.2, -0.15) is 0 Å². The molecule has 1 fully saturated rings. The van der Waals surface area contributed by atoms with Crippen LogP contribution in [-0.4, -0.2) is 71.5 Å². The van der Waals surface area contributed by atoms with Gasteiger partial charge in [0.15, 0.2) is 0 Å². The Morgan fingerprint density at radius 2 is 1.84 bits per heavy atom. The number of nitrogens with two attached hydrogens (primary N) is 1. The molecular weight excluding hydrogens is 420 g/mol. The van der Waals surface area contributed by atoms with Gasteiger partial charge in [0, 0.05) is 38.6 Å². The molecule has 0 aromatic carbocycles. The summed E-state index contributed by atoms with van der Waals surface area (Å²) in [5.74, 6) is -0.850. The van der Waals surface area contributed by atoms with Gasteiger partial charge in [0.05, 0.1) is 23.1 Å². The van der Waals surface area contributed by atoms with Crippen LogP contribution in [0.15, 0.2) is 18.5 Å². The molecule has 0 radical (unpaired) electrons. The molecule has 1 aliphatic heterocycles. The summed E-state index contributed by atoms with van der Waals surface area (Å²) in [5.41, 5.74) is 6.01. The number of rotatable bonds is 7. The maximum Gasteiger partial charge on any atom is 0.341 e. The van der Waals surface area contributed by atoms with Gasteiger partial charge in [-0.1, -0.05) is 0 Å². The molecule has 166 valence electrons. The van der Waals surface area contributed by atoms with Gasteiger partial charge in [-0.25, -0.2) is 14.8 Å². The van der Waals surface area contributed by atoms with Gasteiger partial charge in [-0.05, 0) is 32.4 Å². The van der Waals surface area contributed by atoms with E-state index in [-0.39, 0.29) is 34.0 Å². The fourth-order valence-corrected chi connectivity index (χ4v) is 4.35. The summed E-state index contributed by atoms with van der Waals surface area (Å²) >= 11 is 0.987. The molecule has 2 aromatic rings. The zero-order valence-electron chi connectivity index (χ0n) is 17.8. The van der Waals surface area contributed by atoms with Crippen LogP contribution in [-0.2, 0) is 9.53 Å². The maximum atomic E-state index is 12.7. The Morgan fingerprint density at radius 1 is 1.19 bits per heavy atom. The van der Waals surface area contributed by atoms with E-state index in [1.807, 2.05) is 4.90 Å². The number of hydrogen-bond donors (Lipinski definition) is 2. The number of aromatic nitrogens is 2. The lowest BCUT2D eigenvalue weighted by molar-refractivity contribution is -0.117. The van der Waals surface area contributed by atoms with Crippen molar-refractivity contribution >= 4 is 40.1 Å². The van der Waals surface area contributed by atoms with Crippen molar-refractivity contribution in [3.05, 3.63) is 34.5 Å². The highest BCUT2D eigenvalue weighted by molar-refractivity contribution is 7.18. The number of amides is 2. The van der Waals surface area contributed by atoms with E-state index in [9.17, 15) is 14.4 Å². The highest BCUT2D eigenvalue weighted by Crippen LogP contribution is 2.33. The zero-order chi connectivity index (χ0) is 22.5. The summed E-state index contributed by atoms with van der Waals surface area (Å²) < 4.78 is 5.27. The third kappa shape index (κ3) is 5.56. The standard InChI is InChI=1S/C20H26N6O4S/c1-12(2)30-19(29)15-13(3)16(17(21)28)31-18(15)24-14(27)11-25-7-9-26(10-8-25)20-22-5-4-6-23-20/h4-6,12H,7-11H2,1-3H3,(H2,21,28)(H,24,27). The molecule has 0 aliphatic carbocycles. The number of primary amides is 1. The fraction of sp³-hybridized carbons (Fsp3) is 0.450. The number of piperazine rings is 1. The van der Waals surface area contributed by atoms with Crippen LogP contribution in [0.2, 0.25) is 0 Å². The van der Waals surface area contributed by atoms with E-state index in [0.717, 1.165) is 11.3 Å². The van der Waals surface area contributed by atoms with Crippen molar-refractivity contribution in [2.75, 3.05) is 42.9 Å². The molecule has 1 saturated heterocycles. The van der Waals surface area contributed by atoms with E-state index in [1.54, 1.807) is 39.2 Å². The van der Waals surface area contributed by atoms with Crippen LogP contribution >= 0.6 is 11.3 Å². The van der Waals surface area contributed by atoms with Crippen molar-refractivity contribution < 1.29 is 19.1 Å². The Morgan fingerprint density at radius 3 is 2.42 bits per heavy atom. The van der Waals surface area contributed by atoms with Gasteiger partial charge in [0.1, 0.15) is 5.00 Å². The first-order valence-electron chi connectivity index (χ1n) is 9.94. The van der Waals surface area contributed by atoms with Crippen molar-refractivity contribution in [1.82, 2.24) is 14.9 Å². The monoisotopic (exact) mass is 446 g/mol. The van der Waals surface area contributed by atoms with Gasteiger partial charge >= 0.3 is 5.97 Å². The third-order valence-electron chi connectivity index (χ3n) is 4.74. The molecule has 1 aliphatic rings. The average Bonchev–Trinajstić information content (AvgIpc) is 3.04. The van der Waals surface area contributed by atoms with Crippen LogP contribution in [0.1, 0.15) is 39.4 Å². The quantitative estimate of drug-likeness (QED) is 0.608. The number of nitrogens with one attached hydrogen (secondary N) is 1. The number of carbonyl (C=O) groups is 3. The minimum absolute atomic E-state index is 0.158. The van der Waals surface area contributed by atoms with Crippen molar-refractivity contribution in [1.29, 1.82) is 0 Å². The largest absolute Gasteiger partial charge is 0.459 e. The lowest BCUT2D eigenvalue weighted by Gasteiger charge is -2.34. The number of hydrogen-bond acceptors (Lipinski definition) is 9. The zero-order valence-corrected chi connectivity index (χ0v) is 18.6. The second kappa shape index (κ2) is 9.84. The van der Waals surface area contributed by atoms with E-state index in [1.165, 1.54) is 0 Å². The van der Waals surface area contributed by atoms with Crippen LogP contribution in [0, 0.1) is 6.92 Å². The van der Waals surface area contributed by atoms with E-state index in [4.69, 9.17) is 10.5 Å². The summed E-state index contributed by atoms with van der Waals surface area (Å²) in [6.07, 6.45) is 3.07. The highest BCUT2D eigenvalue weighted by atomic mass is 32.1. The lowest BCUT2D eigenvalue weighted by Crippen LogP contribution is -2.49. The van der Waals surface area contributed by atoms with Crippen LogP contribution in [0.4, 0.5) is 10.9 Å². The molecule has 0 spiro atoms. The molecule has 31 heavy (non-hydrogen) atoms. The number of carbonyl (C=O) groups excluding carboxylic acids is 3. The topological polar surface area (TPSA) is 131 Å². The molecule has 0 atom stereocenters. The normalized spacial score (nSPS) is 14.5. The van der Waals surface area contributed by atoms with Crippen LogP contribution in [0.25, 0.3) is 0 Å². The van der Waals surface area contributed by atoms with Crippen molar-refractivity contribution in [3.63, 3.8) is 0 Å². The van der Waals surface area contributed by atoms with Crippen LogP contribution in [0.3, 0.4) is 0 Å². The minimum atomic E-state index is -0.652. The predicted octanol–water partition coefficient (Wildman–Crippen LogP) is 1.27. The fourth-order valence-electron chi connectivity index (χ4n) is 3.29. The molecule has 2 aromatic heterocycles. The van der Waals surface area contributed by atoms with Gasteiger partial charge in [0.2, 0.25) is 11.9 Å². The van der Waals surface area contributed by atoms with Gasteiger partial charge in [-0.3, -0.25) is 14.5 Å². The van der Waals surface area contributed by atoms with Gasteiger partial charge < -0.3 is 20.7 Å². The van der Waals surface area contributed by atoms with E-state index in [0.29, 0.717) is 37.7 Å². The van der Waals surface area contributed by atoms with Gasteiger partial charge in [-0.15, -0.1) is 11.3 Å². The minimum Gasteiger partial charge on any atom is -0.459 e. The Hall–Kier alpha value is -3.05. The van der Waals surface area contributed by atoms with E-state index in [2.05, 4.69) is 20.2 Å². The summed E-state index contributed by atoms with van der Waals surface area (Å²) in [6, 6.07) is 1.77. The first-order valence-corrected chi connectivity index (χ1v) is 10.8. The molecule has 3 rings (SSSR count). The molecule has 10 nitrogen and oxygen atoms in total. The number of ether oxygens (including phenoxy) is 1. The van der Waals surface area contributed by atoms with Gasteiger partial charge in [0.25, 0.3) is 5.91 Å². The summed E-state index contributed by atoms with van der Waals surface area (Å²) in [6.45, 7) is 7.98. The molecule has 2 amide bonds.